The van der Waals surface area contributed by atoms with Crippen LogP contribution >= 0.6 is 46.2 Å². The van der Waals surface area contributed by atoms with Crippen molar-refractivity contribution in [1.29, 1.82) is 0 Å². The Hall–Kier alpha value is -8.32. The van der Waals surface area contributed by atoms with Crippen molar-refractivity contribution in [2.75, 3.05) is 71.3 Å². The molecule has 0 saturated carbocycles. The number of aromatic amines is 2. The monoisotopic (exact) mass is 1170 g/mol. The predicted octanol–water partition coefficient (Wildman–Crippen LogP) is 13.0. The van der Waals surface area contributed by atoms with Crippen LogP contribution in [0.15, 0.2) is 155 Å². The molecule has 0 aliphatic heterocycles. The molecule has 0 aliphatic rings. The molecule has 6 aromatic carbocycles. The fourth-order valence-corrected chi connectivity index (χ4v) is 10.7. The van der Waals surface area contributed by atoms with Crippen LogP contribution in [0.5, 0.6) is 11.5 Å². The van der Waals surface area contributed by atoms with Gasteiger partial charge in [0.15, 0.2) is 33.4 Å². The number of rotatable bonds is 20. The molecule has 81 heavy (non-hydrogen) atoms. The smallest absolute Gasteiger partial charge is 0.335 e. The van der Waals surface area contributed by atoms with E-state index in [1.54, 1.807) is 89.4 Å². The van der Waals surface area contributed by atoms with Gasteiger partial charge in [-0.15, -0.1) is 22.7 Å². The third-order valence-corrected chi connectivity index (χ3v) is 15.7. The number of nitrogens with one attached hydrogen (secondary N) is 3. The van der Waals surface area contributed by atoms with Gasteiger partial charge < -0.3 is 51.1 Å². The van der Waals surface area contributed by atoms with Gasteiger partial charge in [-0.1, -0.05) is 66.0 Å². The highest BCUT2D eigenvalue weighted by molar-refractivity contribution is 7.98. The molecule has 4 aromatic heterocycles. The highest BCUT2D eigenvalue weighted by atomic mass is 32.2. The largest absolute Gasteiger partial charge is 0.489 e. The van der Waals surface area contributed by atoms with Gasteiger partial charge in [0.2, 0.25) is 0 Å². The molecular formula is C58H56F2N10O7S4. The number of hydrogen-bond acceptors (Lipinski definition) is 16. The number of likely N-dealkylation sites (N-methyl/N-ethyl adjacent to an activating group) is 2. The van der Waals surface area contributed by atoms with Crippen molar-refractivity contribution in [2.24, 2.45) is 0 Å². The Bertz CT molecular complexity index is 3750. The Morgan fingerprint density at radius 1 is 0.667 bits per heavy atom. The predicted molar refractivity (Wildman–Crippen MR) is 322 cm³/mol. The van der Waals surface area contributed by atoms with E-state index >= 15 is 0 Å². The zero-order valence-corrected chi connectivity index (χ0v) is 47.5. The zero-order chi connectivity index (χ0) is 57.6. The first-order chi connectivity index (χ1) is 39.0. The molecule has 8 N–H and O–H groups in total. The summed E-state index contributed by atoms with van der Waals surface area (Å²) in [6.07, 6.45) is 0. The highest BCUT2D eigenvalue weighted by Gasteiger charge is 2.16. The van der Waals surface area contributed by atoms with Crippen LogP contribution in [0, 0.1) is 21.7 Å². The molecule has 0 fully saturated rings. The number of carboxylic acids is 1. The molecule has 0 atom stereocenters. The van der Waals surface area contributed by atoms with Crippen LogP contribution in [0.25, 0.3) is 42.9 Å². The molecule has 17 nitrogen and oxygen atoms in total. The van der Waals surface area contributed by atoms with Gasteiger partial charge in [0.1, 0.15) is 18.9 Å². The maximum absolute atomic E-state index is 14.4. The second-order valence-electron chi connectivity index (χ2n) is 18.5. The lowest BCUT2D eigenvalue weighted by molar-refractivity contribution is -0.383. The topological polar surface area (TPSA) is 244 Å². The number of thioether (sulfide) groups is 2. The number of H-pyrrole nitrogens is 2. The SMILES string of the molecule is CN(C)CCOc1cc2nc(SCc3ccc(C(=O)Nc4cc(-c5cccs5)ccc4N)cc3)[nH]c2cc1F.CN(C)CCOc1cc2nc(SCc3ccc(C(=O)O)cc3)[nH]c2cc1F.Nc1cc(-c2cccs2)ccc1[N+](=O)[O-]. The Morgan fingerprint density at radius 3 is 1.59 bits per heavy atom. The van der Waals surface area contributed by atoms with E-state index in [0.29, 0.717) is 87.1 Å². The number of nitro benzene ring substituents is 1. The first-order valence-corrected chi connectivity index (χ1v) is 28.6. The van der Waals surface area contributed by atoms with Gasteiger partial charge in [-0.25, -0.2) is 23.5 Å². The Morgan fingerprint density at radius 2 is 1.15 bits per heavy atom. The number of nitro groups is 1. The summed E-state index contributed by atoms with van der Waals surface area (Å²) in [7, 11) is 7.72. The second-order valence-corrected chi connectivity index (χ2v) is 22.3. The van der Waals surface area contributed by atoms with Crippen molar-refractivity contribution in [1.82, 2.24) is 29.7 Å². The van der Waals surface area contributed by atoms with E-state index in [4.69, 9.17) is 26.0 Å². The maximum Gasteiger partial charge on any atom is 0.335 e. The van der Waals surface area contributed by atoms with Crippen LogP contribution in [0.4, 0.5) is 31.5 Å². The number of benzene rings is 6. The van der Waals surface area contributed by atoms with E-state index in [0.717, 1.165) is 32.0 Å². The van der Waals surface area contributed by atoms with E-state index in [-0.39, 0.29) is 34.3 Å². The Balaban J connectivity index is 0.000000176. The molecular weight excluding hydrogens is 1110 g/mol. The van der Waals surface area contributed by atoms with Crippen LogP contribution in [0.1, 0.15) is 31.8 Å². The van der Waals surface area contributed by atoms with Gasteiger partial charge in [0.05, 0.1) is 43.9 Å². The number of nitrogens with two attached hydrogens (primary N) is 2. The number of halogens is 2. The molecule has 1 amide bonds. The molecule has 10 aromatic rings. The van der Waals surface area contributed by atoms with Crippen LogP contribution in [-0.4, -0.2) is 106 Å². The average molecular weight is 1170 g/mol. The van der Waals surface area contributed by atoms with Gasteiger partial charge in [-0.3, -0.25) is 14.9 Å². The first-order valence-electron chi connectivity index (χ1n) is 24.9. The standard InChI is InChI=1S/C29H28FN5O2S2.C19H20FN3O3S.C10H8N2O2S/c1-35(2)11-12-37-26-16-25-24(15-21(26)30)33-29(34-25)39-17-18-5-7-19(8-6-18)28(36)32-23-14-20(9-10-22(23)31)27-4-3-13-38-27;1-23(2)7-8-26-17-10-16-15(9-14(17)20)21-19(22-16)27-11-12-3-5-13(6-4-12)18(24)25;11-8-6-7(10-2-1-5-15-10)3-4-9(8)12(13)14/h3-10,13-16H,11-12,17,31H2,1-2H3,(H,32,36)(H,33,34);3-6,9-10H,7-8,11H2,1-2H3,(H,21,22)(H,24,25);1-6H,11H2. The minimum Gasteiger partial charge on any atom is -0.489 e. The summed E-state index contributed by atoms with van der Waals surface area (Å²) in [5, 5.41) is 27.7. The van der Waals surface area contributed by atoms with Gasteiger partial charge in [0, 0.05) is 70.2 Å². The molecule has 4 heterocycles. The number of carboxylic acid groups (broad SMARTS) is 1. The fraction of sp³-hybridized carbons (Fsp3) is 0.172. The van der Waals surface area contributed by atoms with E-state index in [1.807, 2.05) is 97.3 Å². The number of carbonyl (C=O) groups excluding carboxylic acids is 1. The number of thiophene rings is 2. The number of ether oxygens (including phenoxy) is 2. The van der Waals surface area contributed by atoms with E-state index in [2.05, 4.69) is 25.3 Å². The molecule has 23 heteroatoms. The van der Waals surface area contributed by atoms with Gasteiger partial charge in [-0.2, -0.15) is 0 Å². The summed E-state index contributed by atoms with van der Waals surface area (Å²) in [6.45, 7) is 2.18. The molecule has 0 aliphatic carbocycles. The lowest BCUT2D eigenvalue weighted by Gasteiger charge is -2.11. The van der Waals surface area contributed by atoms with Crippen LogP contribution in [-0.2, 0) is 11.5 Å². The minimum absolute atomic E-state index is 0.0460. The van der Waals surface area contributed by atoms with Crippen molar-refractivity contribution in [3.63, 3.8) is 0 Å². The van der Waals surface area contributed by atoms with Crippen LogP contribution in [0.2, 0.25) is 0 Å². The number of fused-ring (bicyclic) bond motifs is 2. The number of anilines is 3. The van der Waals surface area contributed by atoms with Crippen LogP contribution in [0.3, 0.4) is 0 Å². The summed E-state index contributed by atoms with van der Waals surface area (Å²) in [4.78, 5) is 55.2. The zero-order valence-electron chi connectivity index (χ0n) is 44.3. The number of imidazole rings is 2. The van der Waals surface area contributed by atoms with Crippen molar-refractivity contribution in [3.05, 3.63) is 188 Å². The molecule has 10 rings (SSSR count). The van der Waals surface area contributed by atoms with Crippen LogP contribution < -0.4 is 26.3 Å². The molecule has 0 unspecified atom stereocenters. The van der Waals surface area contributed by atoms with Crippen molar-refractivity contribution < 1.29 is 37.9 Å². The molecule has 0 bridgehead atoms. The average Bonchev–Trinajstić information content (AvgIpc) is 4.52. The third kappa shape index (κ3) is 16.4. The lowest BCUT2D eigenvalue weighted by atomic mass is 10.1. The first kappa shape index (κ1) is 58.8. The van der Waals surface area contributed by atoms with E-state index in [9.17, 15) is 28.5 Å². The fourth-order valence-electron chi connectivity index (χ4n) is 7.58. The van der Waals surface area contributed by atoms with E-state index in [1.165, 1.54) is 41.7 Å². The summed E-state index contributed by atoms with van der Waals surface area (Å²) < 4.78 is 39.7. The number of hydrogen-bond donors (Lipinski definition) is 6. The lowest BCUT2D eigenvalue weighted by Crippen LogP contribution is -2.19. The van der Waals surface area contributed by atoms with Crippen molar-refractivity contribution in [2.45, 2.75) is 21.8 Å². The Kier molecular flexibility index (Phi) is 20.1. The van der Waals surface area contributed by atoms with Crippen molar-refractivity contribution >= 4 is 103 Å². The Labute approximate surface area is 481 Å². The normalized spacial score (nSPS) is 11.1. The number of amides is 1. The minimum atomic E-state index is -0.947. The number of nitrogen functional groups attached to an aromatic ring is 2. The quantitative estimate of drug-likeness (QED) is 0.0180. The van der Waals surface area contributed by atoms with Crippen molar-refractivity contribution in [3.8, 4) is 32.4 Å². The summed E-state index contributed by atoms with van der Waals surface area (Å²) in [6, 6.07) is 38.4. The number of carbonyl (C=O) groups is 2. The molecule has 0 spiro atoms. The summed E-state index contributed by atoms with van der Waals surface area (Å²) >= 11 is 6.17. The maximum atomic E-state index is 14.4. The molecule has 418 valence electrons. The van der Waals surface area contributed by atoms with Gasteiger partial charge in [0.25, 0.3) is 11.6 Å². The molecule has 0 radical (unpaired) electrons. The number of aromatic carboxylic acids is 1. The third-order valence-electron chi connectivity index (χ3n) is 11.9. The number of nitrogens with zero attached hydrogens (tertiary/aromatic N) is 5. The summed E-state index contributed by atoms with van der Waals surface area (Å²) in [5.74, 6) is -0.385. The molecule has 0 saturated heterocycles. The number of aromatic nitrogens is 4. The van der Waals surface area contributed by atoms with Gasteiger partial charge >= 0.3 is 5.97 Å². The summed E-state index contributed by atoms with van der Waals surface area (Å²) in [5.41, 5.74) is 20.2. The second kappa shape index (κ2) is 27.7. The van der Waals surface area contributed by atoms with E-state index < -0.39 is 22.5 Å². The van der Waals surface area contributed by atoms with Gasteiger partial charge in [-0.05, 0) is 122 Å². The highest BCUT2D eigenvalue weighted by Crippen LogP contribution is 2.34.